The standard InChI is InChI=1S/C16H11F4N3O3S/c1-8-3-2-4-21-12(8)7-27(24)14-22-10-5-9-13(6-11(10)23-14)25-16(19,20)26-15(9,17)18/h2-6H,7H2,1H3,(H,22,23). The first-order chi connectivity index (χ1) is 12.6. The number of nitrogens with one attached hydrogen (secondary N) is 1. The second kappa shape index (κ2) is 5.99. The van der Waals surface area contributed by atoms with E-state index in [4.69, 9.17) is 0 Å². The van der Waals surface area contributed by atoms with E-state index < -0.39 is 34.5 Å². The lowest BCUT2D eigenvalue weighted by Crippen LogP contribution is -2.41. The van der Waals surface area contributed by atoms with Crippen LogP contribution in [0.4, 0.5) is 17.6 Å². The minimum Gasteiger partial charge on any atom is -0.409 e. The molecule has 1 atom stereocenters. The maximum Gasteiger partial charge on any atom is 0.540 e. The summed E-state index contributed by atoms with van der Waals surface area (Å²) in [5, 5.41) is 0.00777. The molecular formula is C16H11F4N3O3S. The predicted molar refractivity (Wildman–Crippen MR) is 85.7 cm³/mol. The fraction of sp³-hybridized carbons (Fsp3) is 0.250. The average molecular weight is 401 g/mol. The smallest absolute Gasteiger partial charge is 0.409 e. The largest absolute Gasteiger partial charge is 0.540 e. The van der Waals surface area contributed by atoms with Crippen LogP contribution in [0, 0.1) is 6.92 Å². The number of ether oxygens (including phenoxy) is 2. The van der Waals surface area contributed by atoms with Crippen molar-refractivity contribution in [3.8, 4) is 5.75 Å². The van der Waals surface area contributed by atoms with E-state index in [1.165, 1.54) is 0 Å². The van der Waals surface area contributed by atoms with E-state index in [9.17, 15) is 21.8 Å². The van der Waals surface area contributed by atoms with Crippen LogP contribution in [0.15, 0.2) is 35.6 Å². The SMILES string of the molecule is Cc1cccnc1CS(=O)c1nc2cc3c(cc2[nH]1)C(F)(F)OC(F)(F)O3. The Hall–Kier alpha value is -2.53. The monoisotopic (exact) mass is 401 g/mol. The van der Waals surface area contributed by atoms with Crippen molar-refractivity contribution in [3.63, 3.8) is 0 Å². The molecule has 0 radical (unpaired) electrons. The van der Waals surface area contributed by atoms with Crippen LogP contribution in [0.5, 0.6) is 5.75 Å². The van der Waals surface area contributed by atoms with Crippen LogP contribution < -0.4 is 4.74 Å². The van der Waals surface area contributed by atoms with Crippen molar-refractivity contribution in [1.29, 1.82) is 0 Å². The second-order valence-electron chi connectivity index (χ2n) is 5.85. The van der Waals surface area contributed by atoms with Crippen molar-refractivity contribution >= 4 is 21.8 Å². The Morgan fingerprint density at radius 1 is 1.26 bits per heavy atom. The number of benzene rings is 1. The summed E-state index contributed by atoms with van der Waals surface area (Å²) in [5.41, 5.74) is 0.709. The van der Waals surface area contributed by atoms with Gasteiger partial charge in [0.05, 0.1) is 38.8 Å². The number of imidazole rings is 1. The number of fused-ring (bicyclic) bond motifs is 2. The van der Waals surface area contributed by atoms with Crippen LogP contribution in [0.25, 0.3) is 11.0 Å². The fourth-order valence-corrected chi connectivity index (χ4v) is 3.76. The molecular weight excluding hydrogens is 390 g/mol. The molecule has 1 unspecified atom stereocenters. The molecule has 0 fully saturated rings. The van der Waals surface area contributed by atoms with Crippen LogP contribution in [-0.2, 0) is 27.4 Å². The van der Waals surface area contributed by atoms with Crippen molar-refractivity contribution in [2.75, 3.05) is 0 Å². The molecule has 1 aliphatic rings. The average Bonchev–Trinajstić information content (AvgIpc) is 2.97. The molecule has 142 valence electrons. The van der Waals surface area contributed by atoms with Gasteiger partial charge in [0.15, 0.2) is 5.16 Å². The zero-order valence-electron chi connectivity index (χ0n) is 13.6. The van der Waals surface area contributed by atoms with Gasteiger partial charge in [0, 0.05) is 12.3 Å². The Morgan fingerprint density at radius 3 is 2.78 bits per heavy atom. The van der Waals surface area contributed by atoms with E-state index in [2.05, 4.69) is 24.4 Å². The molecule has 0 amide bonds. The molecule has 0 saturated carbocycles. The van der Waals surface area contributed by atoms with Crippen LogP contribution in [0.3, 0.4) is 0 Å². The van der Waals surface area contributed by atoms with E-state index in [0.29, 0.717) is 5.69 Å². The molecule has 3 aromatic rings. The lowest BCUT2D eigenvalue weighted by atomic mass is 10.1. The minimum atomic E-state index is -4.47. The molecule has 3 heterocycles. The van der Waals surface area contributed by atoms with Gasteiger partial charge < -0.3 is 9.72 Å². The van der Waals surface area contributed by atoms with Gasteiger partial charge in [-0.25, -0.2) is 9.72 Å². The Labute approximate surface area is 152 Å². The van der Waals surface area contributed by atoms with Gasteiger partial charge in [-0.1, -0.05) is 6.07 Å². The van der Waals surface area contributed by atoms with Gasteiger partial charge in [-0.05, 0) is 24.6 Å². The molecule has 0 saturated heterocycles. The third-order valence-electron chi connectivity index (χ3n) is 3.95. The lowest BCUT2D eigenvalue weighted by molar-refractivity contribution is -0.461. The first-order valence-corrected chi connectivity index (χ1v) is 8.94. The Bertz CT molecular complexity index is 1070. The number of hydrogen-bond acceptors (Lipinski definition) is 5. The summed E-state index contributed by atoms with van der Waals surface area (Å²) in [6.07, 6.45) is -7.16. The highest BCUT2D eigenvalue weighted by molar-refractivity contribution is 7.84. The number of aromatic amines is 1. The molecule has 27 heavy (non-hydrogen) atoms. The number of halogens is 4. The number of H-pyrrole nitrogens is 1. The Balaban J connectivity index is 1.71. The van der Waals surface area contributed by atoms with Gasteiger partial charge in [-0.2, -0.15) is 8.78 Å². The van der Waals surface area contributed by atoms with Crippen LogP contribution in [-0.4, -0.2) is 25.5 Å². The second-order valence-corrected chi connectivity index (χ2v) is 7.22. The van der Waals surface area contributed by atoms with Gasteiger partial charge in [-0.3, -0.25) is 9.19 Å². The van der Waals surface area contributed by atoms with E-state index in [1.807, 2.05) is 13.0 Å². The van der Waals surface area contributed by atoms with Crippen molar-refractivity contribution < 1.29 is 31.2 Å². The highest BCUT2D eigenvalue weighted by Crippen LogP contribution is 2.47. The maximum absolute atomic E-state index is 13.8. The fourth-order valence-electron chi connectivity index (χ4n) is 2.65. The van der Waals surface area contributed by atoms with E-state index in [0.717, 1.165) is 17.7 Å². The van der Waals surface area contributed by atoms with Gasteiger partial charge in [-0.15, -0.1) is 8.78 Å². The zero-order valence-corrected chi connectivity index (χ0v) is 14.4. The number of aryl methyl sites for hydroxylation is 1. The van der Waals surface area contributed by atoms with Gasteiger partial charge in [0.1, 0.15) is 5.75 Å². The van der Waals surface area contributed by atoms with Gasteiger partial charge in [0.25, 0.3) is 0 Å². The van der Waals surface area contributed by atoms with Crippen LogP contribution in [0.2, 0.25) is 0 Å². The summed E-state index contributed by atoms with van der Waals surface area (Å²) >= 11 is 0. The highest BCUT2D eigenvalue weighted by Gasteiger charge is 2.54. The summed E-state index contributed by atoms with van der Waals surface area (Å²) in [4.78, 5) is 10.9. The van der Waals surface area contributed by atoms with Gasteiger partial charge >= 0.3 is 12.4 Å². The lowest BCUT2D eigenvalue weighted by Gasteiger charge is -2.30. The molecule has 0 bridgehead atoms. The third kappa shape index (κ3) is 3.28. The zero-order chi connectivity index (χ0) is 19.4. The third-order valence-corrected chi connectivity index (χ3v) is 5.11. The molecule has 0 spiro atoms. The first-order valence-electron chi connectivity index (χ1n) is 7.62. The summed E-state index contributed by atoms with van der Waals surface area (Å²) in [7, 11) is -1.65. The maximum atomic E-state index is 13.8. The minimum absolute atomic E-state index is 0.00777. The first kappa shape index (κ1) is 17.9. The van der Waals surface area contributed by atoms with E-state index in [-0.39, 0.29) is 21.9 Å². The van der Waals surface area contributed by atoms with Crippen molar-refractivity contribution in [3.05, 3.63) is 47.3 Å². The Kier molecular flexibility index (Phi) is 3.96. The van der Waals surface area contributed by atoms with Crippen molar-refractivity contribution in [2.45, 2.75) is 30.2 Å². The molecule has 11 heteroatoms. The predicted octanol–water partition coefficient (Wildman–Crippen LogP) is 3.58. The molecule has 1 aromatic carbocycles. The number of pyridine rings is 1. The van der Waals surface area contributed by atoms with E-state index >= 15 is 0 Å². The number of alkyl halides is 4. The summed E-state index contributed by atoms with van der Waals surface area (Å²) in [6.45, 7) is 1.81. The molecule has 1 aliphatic heterocycles. The van der Waals surface area contributed by atoms with Gasteiger partial charge in [0.2, 0.25) is 0 Å². The summed E-state index contributed by atoms with van der Waals surface area (Å²) in [6, 6.07) is 5.37. The van der Waals surface area contributed by atoms with E-state index in [1.54, 1.807) is 12.3 Å². The normalized spacial score (nSPS) is 18.7. The van der Waals surface area contributed by atoms with Crippen molar-refractivity contribution in [1.82, 2.24) is 15.0 Å². The number of nitrogens with zero attached hydrogens (tertiary/aromatic N) is 2. The number of rotatable bonds is 3. The van der Waals surface area contributed by atoms with Crippen molar-refractivity contribution in [2.24, 2.45) is 0 Å². The molecule has 4 rings (SSSR count). The molecule has 2 aromatic heterocycles. The topological polar surface area (TPSA) is 77.1 Å². The molecule has 1 N–H and O–H groups in total. The quantitative estimate of drug-likeness (QED) is 0.679. The molecule has 6 nitrogen and oxygen atoms in total. The van der Waals surface area contributed by atoms with Crippen LogP contribution >= 0.6 is 0 Å². The number of hydrogen-bond donors (Lipinski definition) is 1. The summed E-state index contributed by atoms with van der Waals surface area (Å²) < 4.78 is 74.1. The Morgan fingerprint density at radius 2 is 2.04 bits per heavy atom. The van der Waals surface area contributed by atoms with Crippen LogP contribution in [0.1, 0.15) is 16.8 Å². The summed E-state index contributed by atoms with van der Waals surface area (Å²) in [5.74, 6) is -0.701. The number of aromatic nitrogens is 3. The highest BCUT2D eigenvalue weighted by atomic mass is 32.2. The molecule has 0 aliphatic carbocycles.